The molecule has 8 heteroatoms. The van der Waals surface area contributed by atoms with Crippen LogP contribution in [-0.4, -0.2) is 22.7 Å². The summed E-state index contributed by atoms with van der Waals surface area (Å²) in [5.74, 6) is 0.726. The molecule has 0 spiro atoms. The van der Waals surface area contributed by atoms with E-state index in [1.165, 1.54) is 4.90 Å². The van der Waals surface area contributed by atoms with Crippen LogP contribution < -0.4 is 9.47 Å². The fraction of sp³-hybridized carbons (Fsp3) is 0.185. The van der Waals surface area contributed by atoms with Crippen LogP contribution in [-0.2, 0) is 17.9 Å². The molecule has 180 valence electrons. The van der Waals surface area contributed by atoms with Gasteiger partial charge in [0, 0.05) is 15.6 Å². The van der Waals surface area contributed by atoms with Gasteiger partial charge in [0.15, 0.2) is 11.5 Å². The SMILES string of the molecule is CCOc1cc(/C=C2\SC(=O)N(Cc3cccc(C)c3)C2=O)ccc1OCc1c(Cl)cccc1Cl. The van der Waals surface area contributed by atoms with Crippen molar-refractivity contribution in [1.29, 1.82) is 0 Å². The van der Waals surface area contributed by atoms with Crippen LogP contribution in [0.2, 0.25) is 10.0 Å². The van der Waals surface area contributed by atoms with Crippen LogP contribution in [0.5, 0.6) is 11.5 Å². The molecule has 0 atom stereocenters. The lowest BCUT2D eigenvalue weighted by molar-refractivity contribution is -0.123. The van der Waals surface area contributed by atoms with Gasteiger partial charge in [-0.3, -0.25) is 14.5 Å². The molecule has 3 aromatic carbocycles. The number of nitrogens with zero attached hydrogens (tertiary/aromatic N) is 1. The summed E-state index contributed by atoms with van der Waals surface area (Å²) in [7, 11) is 0. The third kappa shape index (κ3) is 6.01. The number of hydrogen-bond donors (Lipinski definition) is 0. The second-order valence-electron chi connectivity index (χ2n) is 7.88. The lowest BCUT2D eigenvalue weighted by Crippen LogP contribution is -2.27. The molecule has 3 aromatic rings. The minimum Gasteiger partial charge on any atom is -0.490 e. The van der Waals surface area contributed by atoms with Crippen LogP contribution in [0, 0.1) is 6.92 Å². The number of thioether (sulfide) groups is 1. The first-order chi connectivity index (χ1) is 16.9. The normalized spacial score (nSPS) is 14.6. The predicted molar refractivity (Wildman–Crippen MR) is 141 cm³/mol. The number of rotatable bonds is 8. The average Bonchev–Trinajstić information content (AvgIpc) is 3.07. The molecule has 5 nitrogen and oxygen atoms in total. The summed E-state index contributed by atoms with van der Waals surface area (Å²) in [5, 5.41) is 0.756. The molecule has 35 heavy (non-hydrogen) atoms. The molecule has 0 radical (unpaired) electrons. The number of amides is 2. The average molecular weight is 528 g/mol. The molecule has 1 heterocycles. The van der Waals surface area contributed by atoms with E-state index in [-0.39, 0.29) is 24.3 Å². The fourth-order valence-electron chi connectivity index (χ4n) is 3.60. The molecular weight excluding hydrogens is 505 g/mol. The predicted octanol–water partition coefficient (Wildman–Crippen LogP) is 7.52. The van der Waals surface area contributed by atoms with E-state index in [2.05, 4.69) is 0 Å². The van der Waals surface area contributed by atoms with Gasteiger partial charge in [0.1, 0.15) is 6.61 Å². The Balaban J connectivity index is 1.52. The molecule has 1 aliphatic heterocycles. The van der Waals surface area contributed by atoms with Gasteiger partial charge < -0.3 is 9.47 Å². The quantitative estimate of drug-likeness (QED) is 0.283. The highest BCUT2D eigenvalue weighted by molar-refractivity contribution is 8.18. The summed E-state index contributed by atoms with van der Waals surface area (Å²) >= 11 is 13.4. The van der Waals surface area contributed by atoms with Gasteiger partial charge in [-0.05, 0) is 67.1 Å². The highest BCUT2D eigenvalue weighted by Crippen LogP contribution is 2.36. The minimum absolute atomic E-state index is 0.176. The van der Waals surface area contributed by atoms with Gasteiger partial charge in [0.25, 0.3) is 11.1 Å². The number of ether oxygens (including phenoxy) is 2. The Morgan fingerprint density at radius 3 is 2.40 bits per heavy atom. The Labute approximate surface area is 218 Å². The second kappa shape index (κ2) is 11.2. The van der Waals surface area contributed by atoms with Crippen molar-refractivity contribution in [1.82, 2.24) is 4.90 Å². The third-order valence-corrected chi connectivity index (χ3v) is 6.91. The highest BCUT2D eigenvalue weighted by atomic mass is 35.5. The largest absolute Gasteiger partial charge is 0.490 e. The summed E-state index contributed by atoms with van der Waals surface area (Å²) in [6.45, 7) is 4.70. The van der Waals surface area contributed by atoms with Gasteiger partial charge in [-0.25, -0.2) is 0 Å². The summed E-state index contributed by atoms with van der Waals surface area (Å²) in [6.07, 6.45) is 1.69. The van der Waals surface area contributed by atoms with Crippen LogP contribution in [0.1, 0.15) is 29.2 Å². The number of halogens is 2. The zero-order chi connectivity index (χ0) is 24.9. The van der Waals surface area contributed by atoms with Crippen molar-refractivity contribution in [3.8, 4) is 11.5 Å². The first kappa shape index (κ1) is 25.2. The van der Waals surface area contributed by atoms with E-state index in [0.29, 0.717) is 38.6 Å². The second-order valence-corrected chi connectivity index (χ2v) is 9.69. The first-order valence-corrected chi connectivity index (χ1v) is 12.6. The topological polar surface area (TPSA) is 55.8 Å². The molecule has 1 fully saturated rings. The van der Waals surface area contributed by atoms with E-state index in [1.54, 1.807) is 42.5 Å². The van der Waals surface area contributed by atoms with E-state index < -0.39 is 0 Å². The molecule has 0 N–H and O–H groups in total. The number of carbonyl (C=O) groups excluding carboxylic acids is 2. The summed E-state index contributed by atoms with van der Waals surface area (Å²) in [6, 6.07) is 18.4. The molecular formula is C27H23Cl2NO4S. The summed E-state index contributed by atoms with van der Waals surface area (Å²) in [5.41, 5.74) is 3.39. The molecule has 1 aliphatic rings. The standard InChI is InChI=1S/C27H23Cl2NO4S/c1-3-33-24-13-18(10-11-23(24)34-16-20-21(28)8-5-9-22(20)29)14-25-26(31)30(27(32)35-25)15-19-7-4-6-17(2)12-19/h4-14H,3,15-16H2,1-2H3/b25-14-. The number of carbonyl (C=O) groups is 2. The van der Waals surface area contributed by atoms with E-state index in [9.17, 15) is 9.59 Å². The zero-order valence-electron chi connectivity index (χ0n) is 19.2. The lowest BCUT2D eigenvalue weighted by Gasteiger charge is -2.14. The Hall–Kier alpha value is -2.93. The van der Waals surface area contributed by atoms with Gasteiger partial charge >= 0.3 is 0 Å². The van der Waals surface area contributed by atoms with Crippen molar-refractivity contribution in [3.05, 3.63) is 97.9 Å². The number of aryl methyl sites for hydroxylation is 1. The maximum Gasteiger partial charge on any atom is 0.293 e. The van der Waals surface area contributed by atoms with Crippen LogP contribution >= 0.6 is 35.0 Å². The van der Waals surface area contributed by atoms with Crippen molar-refractivity contribution in [3.63, 3.8) is 0 Å². The Kier molecular flexibility index (Phi) is 8.06. The van der Waals surface area contributed by atoms with Crippen LogP contribution in [0.3, 0.4) is 0 Å². The number of hydrogen-bond acceptors (Lipinski definition) is 5. The smallest absolute Gasteiger partial charge is 0.293 e. The van der Waals surface area contributed by atoms with Crippen LogP contribution in [0.15, 0.2) is 65.6 Å². The lowest BCUT2D eigenvalue weighted by atomic mass is 10.1. The van der Waals surface area contributed by atoms with Gasteiger partial charge in [-0.1, -0.05) is 65.2 Å². The molecule has 0 unspecified atom stereocenters. The van der Waals surface area contributed by atoms with E-state index in [1.807, 2.05) is 38.1 Å². The zero-order valence-corrected chi connectivity index (χ0v) is 21.5. The summed E-state index contributed by atoms with van der Waals surface area (Å²) < 4.78 is 11.7. The molecule has 0 aromatic heterocycles. The molecule has 2 amide bonds. The first-order valence-electron chi connectivity index (χ1n) is 11.0. The Morgan fingerprint density at radius 1 is 0.943 bits per heavy atom. The highest BCUT2D eigenvalue weighted by Gasteiger charge is 2.35. The maximum atomic E-state index is 12.9. The molecule has 0 bridgehead atoms. The van der Waals surface area contributed by atoms with Crippen molar-refractivity contribution in [2.24, 2.45) is 0 Å². The van der Waals surface area contributed by atoms with Crippen molar-refractivity contribution in [2.45, 2.75) is 27.0 Å². The van der Waals surface area contributed by atoms with Crippen molar-refractivity contribution in [2.75, 3.05) is 6.61 Å². The Morgan fingerprint density at radius 2 is 1.69 bits per heavy atom. The van der Waals surface area contributed by atoms with E-state index in [4.69, 9.17) is 32.7 Å². The summed E-state index contributed by atoms with van der Waals surface area (Å²) in [4.78, 5) is 27.1. The Bertz CT molecular complexity index is 1290. The monoisotopic (exact) mass is 527 g/mol. The van der Waals surface area contributed by atoms with Crippen molar-refractivity contribution >= 4 is 52.2 Å². The molecule has 1 saturated heterocycles. The molecule has 0 aliphatic carbocycles. The molecule has 4 rings (SSSR count). The fourth-order valence-corrected chi connectivity index (χ4v) is 4.95. The van der Waals surface area contributed by atoms with Gasteiger partial charge in [0.2, 0.25) is 0 Å². The maximum absolute atomic E-state index is 12.9. The molecule has 0 saturated carbocycles. The van der Waals surface area contributed by atoms with E-state index >= 15 is 0 Å². The number of benzene rings is 3. The van der Waals surface area contributed by atoms with Crippen molar-refractivity contribution < 1.29 is 19.1 Å². The van der Waals surface area contributed by atoms with Crippen LogP contribution in [0.4, 0.5) is 4.79 Å². The van der Waals surface area contributed by atoms with E-state index in [0.717, 1.165) is 28.5 Å². The minimum atomic E-state index is -0.312. The van der Waals surface area contributed by atoms with Gasteiger partial charge in [0.05, 0.1) is 18.1 Å². The third-order valence-electron chi connectivity index (χ3n) is 5.30. The van der Waals surface area contributed by atoms with Gasteiger partial charge in [-0.15, -0.1) is 0 Å². The van der Waals surface area contributed by atoms with Crippen LogP contribution in [0.25, 0.3) is 6.08 Å². The van der Waals surface area contributed by atoms with Gasteiger partial charge in [-0.2, -0.15) is 0 Å². The number of imide groups is 1.